The van der Waals surface area contributed by atoms with Crippen LogP contribution in [0.1, 0.15) is 24.8 Å². The van der Waals surface area contributed by atoms with Crippen LogP contribution >= 0.6 is 0 Å². The van der Waals surface area contributed by atoms with Gasteiger partial charge in [0.2, 0.25) is 0 Å². The summed E-state index contributed by atoms with van der Waals surface area (Å²) >= 11 is 0. The lowest BCUT2D eigenvalue weighted by atomic mass is 9.98. The van der Waals surface area contributed by atoms with Crippen LogP contribution in [0.2, 0.25) is 0 Å². The lowest BCUT2D eigenvalue weighted by Gasteiger charge is -2.10. The summed E-state index contributed by atoms with van der Waals surface area (Å²) in [6.07, 6.45) is 0.812. The van der Waals surface area contributed by atoms with Crippen molar-refractivity contribution in [3.63, 3.8) is 0 Å². The van der Waals surface area contributed by atoms with Gasteiger partial charge in [0.05, 0.1) is 7.11 Å². The lowest BCUT2D eigenvalue weighted by Crippen LogP contribution is -1.96. The molecule has 13 heavy (non-hydrogen) atoms. The monoisotopic (exact) mass is 180 g/mol. The average molecular weight is 180 g/mol. The Labute approximate surface area is 79.2 Å². The van der Waals surface area contributed by atoms with Crippen LogP contribution in [-0.2, 0) is 0 Å². The molecular weight excluding hydrogens is 164 g/mol. The van der Waals surface area contributed by atoms with Gasteiger partial charge in [-0.25, -0.2) is 0 Å². The minimum Gasteiger partial charge on any atom is -0.497 e. The van der Waals surface area contributed by atoms with Gasteiger partial charge in [-0.15, -0.1) is 0 Å². The van der Waals surface area contributed by atoms with Gasteiger partial charge in [-0.05, 0) is 30.0 Å². The summed E-state index contributed by atoms with van der Waals surface area (Å²) in [6, 6.07) is 7.98. The van der Waals surface area contributed by atoms with Gasteiger partial charge in [-0.3, -0.25) is 0 Å². The smallest absolute Gasteiger partial charge is 0.118 e. The molecule has 0 aliphatic carbocycles. The topological polar surface area (TPSA) is 29.5 Å². The fourth-order valence-electron chi connectivity index (χ4n) is 1.29. The highest BCUT2D eigenvalue weighted by molar-refractivity contribution is 5.28. The molecule has 72 valence electrons. The summed E-state index contributed by atoms with van der Waals surface area (Å²) in [5.41, 5.74) is 1.25. The zero-order chi connectivity index (χ0) is 9.68. The van der Waals surface area contributed by atoms with E-state index in [1.807, 2.05) is 24.3 Å². The number of hydrogen-bond acceptors (Lipinski definition) is 2. The molecule has 0 saturated heterocycles. The van der Waals surface area contributed by atoms with E-state index in [4.69, 9.17) is 9.84 Å². The first-order valence-corrected chi connectivity index (χ1v) is 4.52. The summed E-state index contributed by atoms with van der Waals surface area (Å²) < 4.78 is 5.06. The summed E-state index contributed by atoms with van der Waals surface area (Å²) in [5.74, 6) is 1.29. The Morgan fingerprint density at radius 1 is 1.31 bits per heavy atom. The van der Waals surface area contributed by atoms with Gasteiger partial charge in [0.1, 0.15) is 5.75 Å². The summed E-state index contributed by atoms with van der Waals surface area (Å²) in [4.78, 5) is 0. The van der Waals surface area contributed by atoms with Gasteiger partial charge >= 0.3 is 0 Å². The molecule has 0 radical (unpaired) electrons. The Hall–Kier alpha value is -1.02. The molecule has 0 aromatic heterocycles. The van der Waals surface area contributed by atoms with Gasteiger partial charge < -0.3 is 9.84 Å². The van der Waals surface area contributed by atoms with E-state index < -0.39 is 0 Å². The van der Waals surface area contributed by atoms with E-state index in [1.165, 1.54) is 5.56 Å². The Bertz CT molecular complexity index is 241. The number of methoxy groups -OCH3 is 1. The number of ether oxygens (including phenoxy) is 1. The van der Waals surface area contributed by atoms with Crippen molar-refractivity contribution in [2.24, 2.45) is 0 Å². The van der Waals surface area contributed by atoms with Crippen LogP contribution < -0.4 is 4.74 Å². The van der Waals surface area contributed by atoms with Gasteiger partial charge in [0.25, 0.3) is 0 Å². The molecule has 1 atom stereocenters. The van der Waals surface area contributed by atoms with Crippen LogP contribution in [0.4, 0.5) is 0 Å². The maximum atomic E-state index is 8.77. The Morgan fingerprint density at radius 2 is 1.92 bits per heavy atom. The number of rotatable bonds is 4. The second kappa shape index (κ2) is 4.87. The van der Waals surface area contributed by atoms with Crippen LogP contribution in [0, 0.1) is 0 Å². The summed E-state index contributed by atoms with van der Waals surface area (Å²) in [5, 5.41) is 8.77. The van der Waals surface area contributed by atoms with E-state index >= 15 is 0 Å². The largest absolute Gasteiger partial charge is 0.497 e. The molecule has 0 amide bonds. The molecule has 2 nitrogen and oxygen atoms in total. The van der Waals surface area contributed by atoms with Gasteiger partial charge in [-0.1, -0.05) is 19.1 Å². The second-order valence-corrected chi connectivity index (χ2v) is 3.19. The normalized spacial score (nSPS) is 12.5. The predicted octanol–water partition coefficient (Wildman–Crippen LogP) is 2.18. The summed E-state index contributed by atoms with van der Waals surface area (Å²) in [6.45, 7) is 2.35. The Morgan fingerprint density at radius 3 is 2.38 bits per heavy atom. The molecule has 1 N–H and O–H groups in total. The highest BCUT2D eigenvalue weighted by Gasteiger charge is 2.03. The minimum absolute atomic E-state index is 0.243. The van der Waals surface area contributed by atoms with Crippen molar-refractivity contribution in [2.75, 3.05) is 13.7 Å². The number of benzene rings is 1. The molecule has 1 rings (SSSR count). The highest BCUT2D eigenvalue weighted by atomic mass is 16.5. The number of hydrogen-bond donors (Lipinski definition) is 1. The fraction of sp³-hybridized carbons (Fsp3) is 0.455. The van der Waals surface area contributed by atoms with Crippen LogP contribution in [-0.4, -0.2) is 18.8 Å². The molecule has 2 heteroatoms. The van der Waals surface area contributed by atoms with Crippen molar-refractivity contribution in [2.45, 2.75) is 19.3 Å². The number of aliphatic hydroxyl groups is 1. The molecule has 0 spiro atoms. The van der Waals surface area contributed by atoms with Gasteiger partial charge in [0.15, 0.2) is 0 Å². The van der Waals surface area contributed by atoms with Crippen molar-refractivity contribution in [1.29, 1.82) is 0 Å². The first kappa shape index (κ1) is 10.1. The first-order chi connectivity index (χ1) is 6.27. The van der Waals surface area contributed by atoms with Crippen LogP contribution in [0.5, 0.6) is 5.75 Å². The van der Waals surface area contributed by atoms with Crippen molar-refractivity contribution in [1.82, 2.24) is 0 Å². The van der Waals surface area contributed by atoms with Crippen LogP contribution in [0.3, 0.4) is 0 Å². The minimum atomic E-state index is 0.243. The summed E-state index contributed by atoms with van der Waals surface area (Å²) in [7, 11) is 1.66. The van der Waals surface area contributed by atoms with Crippen molar-refractivity contribution in [3.05, 3.63) is 29.8 Å². The zero-order valence-electron chi connectivity index (χ0n) is 8.16. The van der Waals surface area contributed by atoms with Crippen molar-refractivity contribution in [3.8, 4) is 5.75 Å². The molecule has 1 aromatic rings. The fourth-order valence-corrected chi connectivity index (χ4v) is 1.29. The Balaban J connectivity index is 2.67. The maximum absolute atomic E-state index is 8.77. The van der Waals surface area contributed by atoms with E-state index in [0.29, 0.717) is 5.92 Å². The zero-order valence-corrected chi connectivity index (χ0v) is 8.16. The van der Waals surface area contributed by atoms with E-state index in [9.17, 15) is 0 Å². The second-order valence-electron chi connectivity index (χ2n) is 3.19. The maximum Gasteiger partial charge on any atom is 0.118 e. The molecule has 0 fully saturated rings. The van der Waals surface area contributed by atoms with E-state index in [0.717, 1.165) is 12.2 Å². The van der Waals surface area contributed by atoms with Gasteiger partial charge in [0, 0.05) is 6.61 Å². The third-order valence-corrected chi connectivity index (χ3v) is 2.25. The molecule has 1 unspecified atom stereocenters. The van der Waals surface area contributed by atoms with Crippen LogP contribution in [0.15, 0.2) is 24.3 Å². The van der Waals surface area contributed by atoms with Crippen molar-refractivity contribution >= 4 is 0 Å². The SMILES string of the molecule is COc1ccc(C(C)CCO)cc1. The number of aliphatic hydroxyl groups excluding tert-OH is 1. The predicted molar refractivity (Wildman–Crippen MR) is 53.1 cm³/mol. The van der Waals surface area contributed by atoms with E-state index in [2.05, 4.69) is 6.92 Å². The molecule has 0 aliphatic heterocycles. The molecule has 0 aliphatic rings. The van der Waals surface area contributed by atoms with Gasteiger partial charge in [-0.2, -0.15) is 0 Å². The molecule has 0 bridgehead atoms. The molecule has 0 saturated carbocycles. The lowest BCUT2D eigenvalue weighted by molar-refractivity contribution is 0.278. The third kappa shape index (κ3) is 2.74. The third-order valence-electron chi connectivity index (χ3n) is 2.25. The standard InChI is InChI=1S/C11H16O2/c1-9(7-8-12)10-3-5-11(13-2)6-4-10/h3-6,9,12H,7-8H2,1-2H3. The molecule has 1 aromatic carbocycles. The van der Waals surface area contributed by atoms with E-state index in [1.54, 1.807) is 7.11 Å². The highest BCUT2D eigenvalue weighted by Crippen LogP contribution is 2.21. The van der Waals surface area contributed by atoms with Crippen LogP contribution in [0.25, 0.3) is 0 Å². The Kier molecular flexibility index (Phi) is 3.77. The molecular formula is C11H16O2. The van der Waals surface area contributed by atoms with E-state index in [-0.39, 0.29) is 6.61 Å². The average Bonchev–Trinajstić information content (AvgIpc) is 2.18. The molecule has 0 heterocycles. The quantitative estimate of drug-likeness (QED) is 0.769. The first-order valence-electron chi connectivity index (χ1n) is 4.52. The van der Waals surface area contributed by atoms with Crippen molar-refractivity contribution < 1.29 is 9.84 Å².